The van der Waals surface area contributed by atoms with E-state index >= 15 is 0 Å². The highest BCUT2D eigenvalue weighted by Gasteiger charge is 2.49. The number of aromatic amines is 1. The lowest BCUT2D eigenvalue weighted by molar-refractivity contribution is -0.152. The van der Waals surface area contributed by atoms with Gasteiger partial charge in [0.1, 0.15) is 0 Å². The molecule has 9 heteroatoms. The van der Waals surface area contributed by atoms with Crippen molar-refractivity contribution in [2.75, 3.05) is 25.9 Å². The monoisotopic (exact) mass is 381 g/mol. The Morgan fingerprint density at radius 3 is 2.88 bits per heavy atom. The molecular formula is C17H27N5O3S. The van der Waals surface area contributed by atoms with Crippen LogP contribution in [0.5, 0.6) is 0 Å². The molecule has 0 radical (unpaired) electrons. The molecule has 3 fully saturated rings. The molecule has 3 aliphatic heterocycles. The first kappa shape index (κ1) is 17.9. The van der Waals surface area contributed by atoms with E-state index in [2.05, 4.69) is 19.8 Å². The SMILES string of the molecule is CS(=O)(=O)NC[C@H]1[C@H]2C[C@H](CN(Cc3ccn[nH]3)C2)[C@@H]2CCCC(=O)N21. The van der Waals surface area contributed by atoms with Crippen molar-refractivity contribution >= 4 is 15.9 Å². The van der Waals surface area contributed by atoms with Gasteiger partial charge in [0.25, 0.3) is 0 Å². The van der Waals surface area contributed by atoms with E-state index in [0.29, 0.717) is 24.8 Å². The lowest BCUT2D eigenvalue weighted by Crippen LogP contribution is -2.66. The van der Waals surface area contributed by atoms with Gasteiger partial charge in [-0.3, -0.25) is 14.8 Å². The Bertz CT molecular complexity index is 750. The van der Waals surface area contributed by atoms with Crippen LogP contribution in [0.25, 0.3) is 0 Å². The summed E-state index contributed by atoms with van der Waals surface area (Å²) >= 11 is 0. The van der Waals surface area contributed by atoms with E-state index in [0.717, 1.165) is 44.6 Å². The van der Waals surface area contributed by atoms with Gasteiger partial charge in [0.05, 0.1) is 6.26 Å². The van der Waals surface area contributed by atoms with Crippen LogP contribution in [-0.2, 0) is 21.4 Å². The standard InChI is InChI=1S/C17H27N5O3S/c1-26(24,25)19-8-16-13-7-12(15-3-2-4-17(23)22(15)16)9-21(10-13)11-14-5-6-18-20-14/h5-6,12-13,15-16,19H,2-4,7-11H2,1H3,(H,18,20)/t12-,13+,15+,16+/m1/s1. The number of rotatable bonds is 5. The van der Waals surface area contributed by atoms with Crippen LogP contribution < -0.4 is 4.72 Å². The zero-order chi connectivity index (χ0) is 18.3. The summed E-state index contributed by atoms with van der Waals surface area (Å²) in [6.45, 7) is 2.99. The van der Waals surface area contributed by atoms with Crippen molar-refractivity contribution in [2.45, 2.75) is 44.3 Å². The predicted molar refractivity (Wildman–Crippen MR) is 96.6 cm³/mol. The molecule has 26 heavy (non-hydrogen) atoms. The van der Waals surface area contributed by atoms with E-state index in [1.165, 1.54) is 6.26 Å². The molecule has 8 nitrogen and oxygen atoms in total. The summed E-state index contributed by atoms with van der Waals surface area (Å²) in [7, 11) is -3.28. The number of H-pyrrole nitrogens is 1. The van der Waals surface area contributed by atoms with E-state index < -0.39 is 10.0 Å². The molecule has 1 aromatic rings. The maximum absolute atomic E-state index is 12.7. The normalized spacial score (nSPS) is 32.5. The Kier molecular flexibility index (Phi) is 4.79. The minimum Gasteiger partial charge on any atom is -0.335 e. The van der Waals surface area contributed by atoms with Crippen LogP contribution in [0.1, 0.15) is 31.4 Å². The van der Waals surface area contributed by atoms with Crippen LogP contribution in [0.2, 0.25) is 0 Å². The van der Waals surface area contributed by atoms with Gasteiger partial charge in [-0.15, -0.1) is 0 Å². The number of sulfonamides is 1. The number of hydrogen-bond acceptors (Lipinski definition) is 5. The maximum Gasteiger partial charge on any atom is 0.223 e. The van der Waals surface area contributed by atoms with Crippen LogP contribution in [0.4, 0.5) is 0 Å². The van der Waals surface area contributed by atoms with E-state index in [1.54, 1.807) is 6.20 Å². The average molecular weight is 382 g/mol. The molecular weight excluding hydrogens is 354 g/mol. The van der Waals surface area contributed by atoms with Gasteiger partial charge in [0.15, 0.2) is 0 Å². The number of fused-ring (bicyclic) bond motifs is 4. The molecule has 1 amide bonds. The van der Waals surface area contributed by atoms with E-state index in [-0.39, 0.29) is 18.0 Å². The highest BCUT2D eigenvalue weighted by molar-refractivity contribution is 7.88. The highest BCUT2D eigenvalue weighted by atomic mass is 32.2. The number of hydrogen-bond donors (Lipinski definition) is 2. The van der Waals surface area contributed by atoms with Crippen molar-refractivity contribution < 1.29 is 13.2 Å². The number of nitrogens with one attached hydrogen (secondary N) is 2. The van der Waals surface area contributed by atoms with Gasteiger partial charge in [0.2, 0.25) is 15.9 Å². The number of amides is 1. The molecule has 3 aliphatic rings. The van der Waals surface area contributed by atoms with E-state index in [9.17, 15) is 13.2 Å². The third-order valence-corrected chi connectivity index (χ3v) is 6.77. The highest BCUT2D eigenvalue weighted by Crippen LogP contribution is 2.41. The first-order valence-corrected chi connectivity index (χ1v) is 11.3. The molecule has 0 spiro atoms. The lowest BCUT2D eigenvalue weighted by atomic mass is 9.72. The maximum atomic E-state index is 12.7. The van der Waals surface area contributed by atoms with Gasteiger partial charge < -0.3 is 4.90 Å². The van der Waals surface area contributed by atoms with Crippen LogP contribution in [0.15, 0.2) is 12.3 Å². The third-order valence-electron chi connectivity index (χ3n) is 6.08. The van der Waals surface area contributed by atoms with Crippen LogP contribution >= 0.6 is 0 Å². The van der Waals surface area contributed by atoms with Crippen molar-refractivity contribution in [3.05, 3.63) is 18.0 Å². The first-order valence-electron chi connectivity index (χ1n) is 9.37. The fourth-order valence-electron chi connectivity index (χ4n) is 5.11. The quantitative estimate of drug-likeness (QED) is 0.757. The molecule has 4 atom stereocenters. The summed E-state index contributed by atoms with van der Waals surface area (Å²) in [4.78, 5) is 17.1. The molecule has 0 unspecified atom stereocenters. The van der Waals surface area contributed by atoms with Gasteiger partial charge in [-0.2, -0.15) is 5.10 Å². The number of carbonyl (C=O) groups is 1. The Hall–Kier alpha value is -1.45. The van der Waals surface area contributed by atoms with E-state index in [1.807, 2.05) is 11.0 Å². The largest absolute Gasteiger partial charge is 0.335 e. The lowest BCUT2D eigenvalue weighted by Gasteiger charge is -2.56. The fraction of sp³-hybridized carbons (Fsp3) is 0.765. The fourth-order valence-corrected chi connectivity index (χ4v) is 5.59. The Morgan fingerprint density at radius 1 is 1.35 bits per heavy atom. The number of aromatic nitrogens is 2. The Labute approximate surface area is 154 Å². The van der Waals surface area contributed by atoms with Gasteiger partial charge in [-0.1, -0.05) is 0 Å². The molecule has 4 heterocycles. The summed E-state index contributed by atoms with van der Waals surface area (Å²) in [5, 5.41) is 7.05. The second-order valence-electron chi connectivity index (χ2n) is 7.98. The van der Waals surface area contributed by atoms with Crippen molar-refractivity contribution in [1.29, 1.82) is 0 Å². The summed E-state index contributed by atoms with van der Waals surface area (Å²) < 4.78 is 25.9. The molecule has 0 aliphatic carbocycles. The summed E-state index contributed by atoms with van der Waals surface area (Å²) in [6, 6.07) is 2.18. The topological polar surface area (TPSA) is 98.4 Å². The van der Waals surface area contributed by atoms with Crippen molar-refractivity contribution in [2.24, 2.45) is 11.8 Å². The molecule has 2 bridgehead atoms. The van der Waals surface area contributed by atoms with Crippen molar-refractivity contribution in [1.82, 2.24) is 24.7 Å². The second kappa shape index (κ2) is 6.94. The summed E-state index contributed by atoms with van der Waals surface area (Å²) in [5.41, 5.74) is 1.09. The van der Waals surface area contributed by atoms with Gasteiger partial charge in [-0.05, 0) is 37.2 Å². The zero-order valence-corrected chi connectivity index (χ0v) is 15.9. The molecule has 0 saturated carbocycles. The number of piperidine rings is 3. The number of carbonyl (C=O) groups excluding carboxylic acids is 1. The summed E-state index contributed by atoms with van der Waals surface area (Å²) in [5.74, 6) is 0.956. The number of nitrogens with zero attached hydrogens (tertiary/aromatic N) is 3. The Balaban J connectivity index is 1.55. The minimum atomic E-state index is -3.28. The molecule has 4 rings (SSSR count). The molecule has 3 saturated heterocycles. The zero-order valence-electron chi connectivity index (χ0n) is 15.1. The van der Waals surface area contributed by atoms with Crippen LogP contribution in [0, 0.1) is 11.8 Å². The minimum absolute atomic E-state index is 0.0525. The van der Waals surface area contributed by atoms with Crippen LogP contribution in [0.3, 0.4) is 0 Å². The van der Waals surface area contributed by atoms with Gasteiger partial charge >= 0.3 is 0 Å². The predicted octanol–water partition coefficient (Wildman–Crippen LogP) is 0.160. The molecule has 144 valence electrons. The van der Waals surface area contributed by atoms with Gasteiger partial charge in [0, 0.05) is 56.6 Å². The summed E-state index contributed by atoms with van der Waals surface area (Å²) in [6.07, 6.45) is 6.57. The Morgan fingerprint density at radius 2 is 2.15 bits per heavy atom. The van der Waals surface area contributed by atoms with E-state index in [4.69, 9.17) is 0 Å². The van der Waals surface area contributed by atoms with Gasteiger partial charge in [-0.25, -0.2) is 13.1 Å². The third kappa shape index (κ3) is 3.65. The number of likely N-dealkylation sites (tertiary alicyclic amines) is 1. The smallest absolute Gasteiger partial charge is 0.223 e. The second-order valence-corrected chi connectivity index (χ2v) is 9.81. The average Bonchev–Trinajstić information content (AvgIpc) is 3.07. The molecule has 1 aromatic heterocycles. The van der Waals surface area contributed by atoms with Crippen molar-refractivity contribution in [3.8, 4) is 0 Å². The van der Waals surface area contributed by atoms with Crippen LogP contribution in [-0.4, -0.2) is 72.3 Å². The van der Waals surface area contributed by atoms with Crippen molar-refractivity contribution in [3.63, 3.8) is 0 Å². The molecule has 2 N–H and O–H groups in total. The first-order chi connectivity index (χ1) is 12.4. The molecule has 0 aromatic carbocycles.